The number of pyridine rings is 1. The highest BCUT2D eigenvalue weighted by atomic mass is 16.2. The smallest absolute Gasteiger partial charge is 0.225 e. The summed E-state index contributed by atoms with van der Waals surface area (Å²) >= 11 is 0. The van der Waals surface area contributed by atoms with Crippen molar-refractivity contribution in [1.82, 2.24) is 19.7 Å². The number of hydrogen-bond donors (Lipinski definition) is 0. The summed E-state index contributed by atoms with van der Waals surface area (Å²) in [6, 6.07) is 4.22. The molecule has 5 nitrogen and oxygen atoms in total. The largest absolute Gasteiger partial charge is 0.342 e. The SMILES string of the molecule is Cc1nn(C)c2nc([C@@H]3CCCN(C(=O)C(C)C)C3)ccc12. The quantitative estimate of drug-likeness (QED) is 0.856. The van der Waals surface area contributed by atoms with E-state index in [-0.39, 0.29) is 11.8 Å². The number of fused-ring (bicyclic) bond motifs is 1. The zero-order valence-corrected chi connectivity index (χ0v) is 13.8. The van der Waals surface area contributed by atoms with Crippen LogP contribution in [-0.4, -0.2) is 38.7 Å². The van der Waals surface area contributed by atoms with Gasteiger partial charge in [-0.05, 0) is 31.9 Å². The molecule has 3 rings (SSSR count). The number of aryl methyl sites for hydroxylation is 2. The minimum atomic E-state index is 0.0638. The standard InChI is InChI=1S/C17H24N4O/c1-11(2)17(22)21-9-5-6-13(10-21)15-8-7-14-12(3)19-20(4)16(14)18-15/h7-8,11,13H,5-6,9-10H2,1-4H3/t13-/m1/s1. The van der Waals surface area contributed by atoms with Crippen molar-refractivity contribution in [1.29, 1.82) is 0 Å². The van der Waals surface area contributed by atoms with Gasteiger partial charge in [-0.3, -0.25) is 9.48 Å². The zero-order valence-electron chi connectivity index (χ0n) is 13.8. The van der Waals surface area contributed by atoms with Gasteiger partial charge in [0.2, 0.25) is 5.91 Å². The van der Waals surface area contributed by atoms with Crippen LogP contribution in [0.1, 0.15) is 44.0 Å². The van der Waals surface area contributed by atoms with Crippen LogP contribution in [0.25, 0.3) is 11.0 Å². The van der Waals surface area contributed by atoms with E-state index >= 15 is 0 Å². The Balaban J connectivity index is 1.87. The molecule has 0 aliphatic carbocycles. The molecule has 0 saturated carbocycles. The molecule has 1 amide bonds. The first-order valence-corrected chi connectivity index (χ1v) is 8.06. The predicted octanol–water partition coefficient (Wildman–Crippen LogP) is 2.64. The molecule has 1 atom stereocenters. The molecular weight excluding hydrogens is 276 g/mol. The van der Waals surface area contributed by atoms with E-state index in [4.69, 9.17) is 4.98 Å². The summed E-state index contributed by atoms with van der Waals surface area (Å²) in [6.07, 6.45) is 2.14. The lowest BCUT2D eigenvalue weighted by atomic mass is 9.93. The van der Waals surface area contributed by atoms with Gasteiger partial charge in [-0.1, -0.05) is 13.8 Å². The fraction of sp³-hybridized carbons (Fsp3) is 0.588. The third-order valence-electron chi connectivity index (χ3n) is 4.54. The molecule has 0 radical (unpaired) electrons. The number of carbonyl (C=O) groups excluding carboxylic acids is 1. The lowest BCUT2D eigenvalue weighted by Gasteiger charge is -2.33. The molecule has 118 valence electrons. The Morgan fingerprint density at radius 2 is 2.14 bits per heavy atom. The maximum absolute atomic E-state index is 12.2. The van der Waals surface area contributed by atoms with Gasteiger partial charge in [-0.15, -0.1) is 0 Å². The minimum absolute atomic E-state index is 0.0638. The van der Waals surface area contributed by atoms with Crippen molar-refractivity contribution in [3.63, 3.8) is 0 Å². The van der Waals surface area contributed by atoms with Gasteiger partial charge in [-0.25, -0.2) is 4.98 Å². The summed E-state index contributed by atoms with van der Waals surface area (Å²) in [5.74, 6) is 0.645. The van der Waals surface area contributed by atoms with E-state index in [0.29, 0.717) is 5.92 Å². The van der Waals surface area contributed by atoms with Crippen LogP contribution in [0.15, 0.2) is 12.1 Å². The average molecular weight is 300 g/mol. The fourth-order valence-electron chi connectivity index (χ4n) is 3.33. The summed E-state index contributed by atoms with van der Waals surface area (Å²) in [5.41, 5.74) is 3.02. The molecule has 5 heteroatoms. The molecule has 1 aliphatic rings. The van der Waals surface area contributed by atoms with Crippen LogP contribution in [-0.2, 0) is 11.8 Å². The Morgan fingerprint density at radius 1 is 1.36 bits per heavy atom. The van der Waals surface area contributed by atoms with Crippen molar-refractivity contribution in [3.8, 4) is 0 Å². The molecular formula is C17H24N4O. The van der Waals surface area contributed by atoms with E-state index in [2.05, 4.69) is 17.2 Å². The van der Waals surface area contributed by atoms with Gasteiger partial charge in [0.25, 0.3) is 0 Å². The van der Waals surface area contributed by atoms with Gasteiger partial charge in [0.05, 0.1) is 5.69 Å². The molecule has 0 aromatic carbocycles. The van der Waals surface area contributed by atoms with Crippen molar-refractivity contribution in [2.24, 2.45) is 13.0 Å². The van der Waals surface area contributed by atoms with E-state index in [0.717, 1.165) is 48.4 Å². The fourth-order valence-corrected chi connectivity index (χ4v) is 3.33. The Kier molecular flexibility index (Phi) is 3.89. The van der Waals surface area contributed by atoms with Crippen molar-refractivity contribution >= 4 is 16.9 Å². The average Bonchev–Trinajstić information content (AvgIpc) is 2.81. The minimum Gasteiger partial charge on any atom is -0.342 e. The Bertz CT molecular complexity index is 704. The number of carbonyl (C=O) groups is 1. The molecule has 1 saturated heterocycles. The number of aromatic nitrogens is 3. The van der Waals surface area contributed by atoms with Crippen LogP contribution in [0, 0.1) is 12.8 Å². The van der Waals surface area contributed by atoms with Crippen molar-refractivity contribution < 1.29 is 4.79 Å². The number of likely N-dealkylation sites (tertiary alicyclic amines) is 1. The molecule has 1 fully saturated rings. The van der Waals surface area contributed by atoms with Crippen LogP contribution in [0.2, 0.25) is 0 Å². The Morgan fingerprint density at radius 3 is 2.86 bits per heavy atom. The Hall–Kier alpha value is -1.91. The molecule has 0 N–H and O–H groups in total. The Labute approximate surface area is 131 Å². The van der Waals surface area contributed by atoms with E-state index in [9.17, 15) is 4.79 Å². The lowest BCUT2D eigenvalue weighted by molar-refractivity contribution is -0.135. The molecule has 0 unspecified atom stereocenters. The highest BCUT2D eigenvalue weighted by Gasteiger charge is 2.27. The van der Waals surface area contributed by atoms with E-state index in [1.54, 1.807) is 0 Å². The summed E-state index contributed by atoms with van der Waals surface area (Å²) in [5, 5.41) is 5.54. The number of hydrogen-bond acceptors (Lipinski definition) is 3. The molecule has 0 spiro atoms. The van der Waals surface area contributed by atoms with Crippen LogP contribution in [0.3, 0.4) is 0 Å². The molecule has 1 aliphatic heterocycles. The summed E-state index contributed by atoms with van der Waals surface area (Å²) < 4.78 is 1.84. The van der Waals surface area contributed by atoms with Crippen molar-refractivity contribution in [2.75, 3.05) is 13.1 Å². The topological polar surface area (TPSA) is 51.0 Å². The predicted molar refractivity (Wildman–Crippen MR) is 86.6 cm³/mol. The summed E-state index contributed by atoms with van der Waals surface area (Å²) in [6.45, 7) is 7.60. The van der Waals surface area contributed by atoms with Crippen LogP contribution in [0.4, 0.5) is 0 Å². The van der Waals surface area contributed by atoms with Gasteiger partial charge in [0.15, 0.2) is 5.65 Å². The highest BCUT2D eigenvalue weighted by molar-refractivity contribution is 5.79. The number of piperidine rings is 1. The third-order valence-corrected chi connectivity index (χ3v) is 4.54. The van der Waals surface area contributed by atoms with E-state index in [1.165, 1.54) is 0 Å². The summed E-state index contributed by atoms with van der Waals surface area (Å²) in [4.78, 5) is 19.1. The number of amides is 1. The van der Waals surface area contributed by atoms with Crippen molar-refractivity contribution in [2.45, 2.75) is 39.5 Å². The molecule has 2 aromatic heterocycles. The first kappa shape index (κ1) is 15.0. The van der Waals surface area contributed by atoms with Gasteiger partial charge in [0, 0.05) is 43.1 Å². The second-order valence-corrected chi connectivity index (χ2v) is 6.59. The van der Waals surface area contributed by atoms with Crippen molar-refractivity contribution in [3.05, 3.63) is 23.5 Å². The molecule has 0 bridgehead atoms. The second-order valence-electron chi connectivity index (χ2n) is 6.59. The number of rotatable bonds is 2. The maximum Gasteiger partial charge on any atom is 0.225 e. The summed E-state index contributed by atoms with van der Waals surface area (Å²) in [7, 11) is 1.93. The van der Waals surface area contributed by atoms with Gasteiger partial charge in [0.1, 0.15) is 0 Å². The third kappa shape index (κ3) is 2.60. The van der Waals surface area contributed by atoms with E-state index < -0.39 is 0 Å². The van der Waals surface area contributed by atoms with E-state index in [1.807, 2.05) is 37.4 Å². The maximum atomic E-state index is 12.2. The first-order valence-electron chi connectivity index (χ1n) is 8.06. The lowest BCUT2D eigenvalue weighted by Crippen LogP contribution is -2.41. The zero-order chi connectivity index (χ0) is 15.9. The van der Waals surface area contributed by atoms with Crippen LogP contribution >= 0.6 is 0 Å². The number of nitrogens with zero attached hydrogens (tertiary/aromatic N) is 4. The monoisotopic (exact) mass is 300 g/mol. The molecule has 2 aromatic rings. The second kappa shape index (κ2) is 5.71. The van der Waals surface area contributed by atoms with Gasteiger partial charge < -0.3 is 4.90 Å². The highest BCUT2D eigenvalue weighted by Crippen LogP contribution is 2.28. The van der Waals surface area contributed by atoms with Gasteiger partial charge in [-0.2, -0.15) is 5.10 Å². The van der Waals surface area contributed by atoms with Crippen LogP contribution < -0.4 is 0 Å². The van der Waals surface area contributed by atoms with Crippen LogP contribution in [0.5, 0.6) is 0 Å². The molecule has 3 heterocycles. The normalized spacial score (nSPS) is 19.1. The van der Waals surface area contributed by atoms with Gasteiger partial charge >= 0.3 is 0 Å². The first-order chi connectivity index (χ1) is 10.5. The molecule has 22 heavy (non-hydrogen) atoms.